The molecule has 0 aliphatic carbocycles. The Kier molecular flexibility index (Phi) is 4.52. The van der Waals surface area contributed by atoms with Gasteiger partial charge in [-0.2, -0.15) is 0 Å². The van der Waals surface area contributed by atoms with Crippen LogP contribution in [0.3, 0.4) is 0 Å². The first-order valence-electron chi connectivity index (χ1n) is 5.81. The predicted octanol–water partition coefficient (Wildman–Crippen LogP) is 1.94. The minimum absolute atomic E-state index is 0.0149. The molecule has 3 N–H and O–H groups in total. The van der Waals surface area contributed by atoms with Crippen molar-refractivity contribution < 1.29 is 14.7 Å². The van der Waals surface area contributed by atoms with E-state index in [2.05, 4.69) is 10.1 Å². The fourth-order valence-electron chi connectivity index (χ4n) is 1.74. The van der Waals surface area contributed by atoms with Crippen LogP contribution in [0, 0.1) is 0 Å². The molecule has 1 aliphatic heterocycles. The zero-order valence-corrected chi connectivity index (χ0v) is 12.0. The summed E-state index contributed by atoms with van der Waals surface area (Å²) in [5.41, 5.74) is 7.20. The van der Waals surface area contributed by atoms with Crippen molar-refractivity contribution in [1.82, 2.24) is 0 Å². The molecule has 106 valence electrons. The first kappa shape index (κ1) is 14.3. The van der Waals surface area contributed by atoms with Crippen molar-refractivity contribution in [2.75, 3.05) is 20.0 Å². The fraction of sp³-hybridized carbons (Fsp3) is 0.231. The van der Waals surface area contributed by atoms with E-state index in [4.69, 9.17) is 20.4 Å². The molecule has 20 heavy (non-hydrogen) atoms. The van der Waals surface area contributed by atoms with Gasteiger partial charge in [-0.1, -0.05) is 16.9 Å². The van der Waals surface area contributed by atoms with Gasteiger partial charge >= 0.3 is 0 Å². The molecule has 0 amide bonds. The van der Waals surface area contributed by atoms with Crippen molar-refractivity contribution in [3.05, 3.63) is 29.8 Å². The lowest BCUT2D eigenvalue weighted by molar-refractivity contribution is 0.319. The van der Waals surface area contributed by atoms with Crippen molar-refractivity contribution in [1.29, 1.82) is 0 Å². The smallest absolute Gasteiger partial charge is 0.195 e. The zero-order valence-electron chi connectivity index (χ0n) is 11.2. The van der Waals surface area contributed by atoms with Crippen LogP contribution in [-0.2, 0) is 0 Å². The molecule has 6 nitrogen and oxygen atoms in total. The topological polar surface area (TPSA) is 89.4 Å². The van der Waals surface area contributed by atoms with E-state index in [1.165, 1.54) is 11.8 Å². The number of ether oxygens (including phenoxy) is 2. The van der Waals surface area contributed by atoms with E-state index in [-0.39, 0.29) is 5.84 Å². The number of benzene rings is 1. The van der Waals surface area contributed by atoms with Gasteiger partial charge in [0.05, 0.1) is 19.9 Å². The number of hydrogen-bond donors (Lipinski definition) is 2. The molecule has 0 radical (unpaired) electrons. The number of aliphatic imine (C=N–C) groups is 1. The highest BCUT2D eigenvalue weighted by molar-refractivity contribution is 8.15. The van der Waals surface area contributed by atoms with Crippen LogP contribution >= 0.6 is 11.8 Å². The molecule has 1 aromatic rings. The van der Waals surface area contributed by atoms with E-state index in [0.717, 1.165) is 11.3 Å². The van der Waals surface area contributed by atoms with Crippen molar-refractivity contribution in [3.8, 4) is 11.5 Å². The van der Waals surface area contributed by atoms with Crippen LogP contribution in [0.5, 0.6) is 11.5 Å². The van der Waals surface area contributed by atoms with Gasteiger partial charge in [0.25, 0.3) is 0 Å². The number of hydrogen-bond acceptors (Lipinski definition) is 6. The highest BCUT2D eigenvalue weighted by Crippen LogP contribution is 2.32. The average Bonchev–Trinajstić information content (AvgIpc) is 2.53. The monoisotopic (exact) mass is 293 g/mol. The van der Waals surface area contributed by atoms with Crippen LogP contribution in [0.1, 0.15) is 5.56 Å². The average molecular weight is 293 g/mol. The molecule has 2 rings (SSSR count). The standard InChI is InChI=1S/C13H15N3O3S/c1-18-10-4-3-8(7-11(10)19-2)9-5-6-20-13(15-9)12(14)16-17/h3-5,7,17H,6H2,1-2H3,(H2,14,16). The van der Waals surface area contributed by atoms with Gasteiger partial charge in [0, 0.05) is 11.3 Å². The van der Waals surface area contributed by atoms with Crippen LogP contribution < -0.4 is 15.2 Å². The quantitative estimate of drug-likeness (QED) is 0.383. The van der Waals surface area contributed by atoms with E-state index in [0.29, 0.717) is 22.3 Å². The van der Waals surface area contributed by atoms with E-state index in [9.17, 15) is 0 Å². The lowest BCUT2D eigenvalue weighted by Crippen LogP contribution is -2.22. The van der Waals surface area contributed by atoms with Gasteiger partial charge < -0.3 is 20.4 Å². The van der Waals surface area contributed by atoms with E-state index in [1.807, 2.05) is 24.3 Å². The van der Waals surface area contributed by atoms with Crippen molar-refractivity contribution >= 4 is 28.3 Å². The Bertz CT molecular complexity index is 597. The molecule has 0 saturated heterocycles. The van der Waals surface area contributed by atoms with Gasteiger partial charge in [-0.15, -0.1) is 0 Å². The van der Waals surface area contributed by atoms with Gasteiger partial charge in [-0.3, -0.25) is 0 Å². The third kappa shape index (κ3) is 2.88. The molecule has 0 fully saturated rings. The first-order chi connectivity index (χ1) is 9.69. The van der Waals surface area contributed by atoms with Crippen molar-refractivity contribution in [2.45, 2.75) is 0 Å². The van der Waals surface area contributed by atoms with E-state index >= 15 is 0 Å². The minimum Gasteiger partial charge on any atom is -0.493 e. The minimum atomic E-state index is 0.0149. The highest BCUT2D eigenvalue weighted by Gasteiger charge is 2.14. The van der Waals surface area contributed by atoms with Crippen LogP contribution in [0.25, 0.3) is 5.70 Å². The summed E-state index contributed by atoms with van der Waals surface area (Å²) in [6, 6.07) is 5.54. The number of thioether (sulfide) groups is 1. The molecular formula is C13H15N3O3S. The Hall–Kier alpha value is -2.15. The molecule has 7 heteroatoms. The largest absolute Gasteiger partial charge is 0.493 e. The van der Waals surface area contributed by atoms with Crippen LogP contribution in [0.4, 0.5) is 0 Å². The Labute approximate surface area is 121 Å². The van der Waals surface area contributed by atoms with Gasteiger partial charge in [0.2, 0.25) is 0 Å². The molecule has 0 saturated carbocycles. The lowest BCUT2D eigenvalue weighted by atomic mass is 10.1. The second-order valence-corrected chi connectivity index (χ2v) is 4.88. The highest BCUT2D eigenvalue weighted by atomic mass is 32.2. The Morgan fingerprint density at radius 1 is 1.35 bits per heavy atom. The summed E-state index contributed by atoms with van der Waals surface area (Å²) in [7, 11) is 3.17. The number of methoxy groups -OCH3 is 2. The molecule has 0 aromatic heterocycles. The van der Waals surface area contributed by atoms with Crippen LogP contribution in [-0.4, -0.2) is 36.1 Å². The SMILES string of the molecule is COc1ccc(C2=CCSC(/C(N)=N/O)=N2)cc1OC. The molecule has 1 heterocycles. The number of nitrogens with zero attached hydrogens (tertiary/aromatic N) is 2. The normalized spacial score (nSPS) is 15.4. The molecule has 1 aromatic carbocycles. The van der Waals surface area contributed by atoms with Crippen LogP contribution in [0.2, 0.25) is 0 Å². The number of oxime groups is 1. The Morgan fingerprint density at radius 2 is 2.10 bits per heavy atom. The summed E-state index contributed by atoms with van der Waals surface area (Å²) < 4.78 is 10.5. The molecule has 0 unspecified atom stereocenters. The first-order valence-corrected chi connectivity index (χ1v) is 6.80. The lowest BCUT2D eigenvalue weighted by Gasteiger charge is -2.13. The summed E-state index contributed by atoms with van der Waals surface area (Å²) in [6.07, 6.45) is 1.97. The van der Waals surface area contributed by atoms with Gasteiger partial charge in [-0.25, -0.2) is 4.99 Å². The van der Waals surface area contributed by atoms with Gasteiger partial charge in [0.15, 0.2) is 17.3 Å². The summed E-state index contributed by atoms with van der Waals surface area (Å²) >= 11 is 1.41. The molecule has 0 bridgehead atoms. The Balaban J connectivity index is 2.37. The second-order valence-electron chi connectivity index (χ2n) is 3.87. The van der Waals surface area contributed by atoms with Crippen LogP contribution in [0.15, 0.2) is 34.4 Å². The zero-order chi connectivity index (χ0) is 14.5. The van der Waals surface area contributed by atoms with Gasteiger partial charge in [-0.05, 0) is 24.3 Å². The number of nitrogens with two attached hydrogens (primary N) is 1. The maximum atomic E-state index is 8.71. The summed E-state index contributed by atoms with van der Waals surface area (Å²) in [6.45, 7) is 0. The Morgan fingerprint density at radius 3 is 2.75 bits per heavy atom. The second kappa shape index (κ2) is 6.33. The summed E-state index contributed by atoms with van der Waals surface area (Å²) in [5, 5.41) is 12.2. The molecular weight excluding hydrogens is 278 g/mol. The van der Waals surface area contributed by atoms with Crippen molar-refractivity contribution in [3.63, 3.8) is 0 Å². The maximum Gasteiger partial charge on any atom is 0.195 e. The number of rotatable bonds is 4. The van der Waals surface area contributed by atoms with E-state index in [1.54, 1.807) is 14.2 Å². The van der Waals surface area contributed by atoms with Crippen molar-refractivity contribution in [2.24, 2.45) is 15.9 Å². The maximum absolute atomic E-state index is 8.71. The fourth-order valence-corrected chi connectivity index (χ4v) is 2.49. The summed E-state index contributed by atoms with van der Waals surface area (Å²) in [5.74, 6) is 2.01. The third-order valence-corrected chi connectivity index (χ3v) is 3.63. The van der Waals surface area contributed by atoms with Gasteiger partial charge in [0.1, 0.15) is 5.04 Å². The predicted molar refractivity (Wildman–Crippen MR) is 80.8 cm³/mol. The summed E-state index contributed by atoms with van der Waals surface area (Å²) in [4.78, 5) is 4.38. The molecule has 1 aliphatic rings. The molecule has 0 spiro atoms. The number of amidine groups is 1. The molecule has 0 atom stereocenters. The third-order valence-electron chi connectivity index (χ3n) is 2.72. The van der Waals surface area contributed by atoms with E-state index < -0.39 is 0 Å².